The van der Waals surface area contributed by atoms with Crippen molar-refractivity contribution in [3.05, 3.63) is 30.1 Å². The Morgan fingerprint density at radius 2 is 2.04 bits per heavy atom. The van der Waals surface area contributed by atoms with Crippen LogP contribution in [0.4, 0.5) is 4.39 Å². The number of hydrogen-bond acceptors (Lipinski definition) is 5. The molecule has 8 heteroatoms. The van der Waals surface area contributed by atoms with E-state index in [-0.39, 0.29) is 24.1 Å². The SMILES string of the molecule is CN(C)CC1COCCN(S(=O)(=O)CCOc2ccc(F)cc2)C1. The van der Waals surface area contributed by atoms with Gasteiger partial charge in [0.05, 0.1) is 19.0 Å². The Bertz CT molecular complexity index is 607. The van der Waals surface area contributed by atoms with Gasteiger partial charge in [-0.2, -0.15) is 4.31 Å². The highest BCUT2D eigenvalue weighted by molar-refractivity contribution is 7.89. The molecule has 0 bridgehead atoms. The minimum Gasteiger partial charge on any atom is -0.492 e. The van der Waals surface area contributed by atoms with Crippen molar-refractivity contribution in [3.63, 3.8) is 0 Å². The van der Waals surface area contributed by atoms with Crippen molar-refractivity contribution in [2.24, 2.45) is 5.92 Å². The highest BCUT2D eigenvalue weighted by atomic mass is 32.2. The summed E-state index contributed by atoms with van der Waals surface area (Å²) in [6, 6.07) is 5.52. The first kappa shape index (κ1) is 19.1. The van der Waals surface area contributed by atoms with Crippen molar-refractivity contribution in [1.29, 1.82) is 0 Å². The Kier molecular flexibility index (Phi) is 6.97. The van der Waals surface area contributed by atoms with E-state index < -0.39 is 10.0 Å². The van der Waals surface area contributed by atoms with E-state index in [1.54, 1.807) is 0 Å². The maximum atomic E-state index is 12.8. The molecule has 1 aliphatic heterocycles. The molecule has 1 atom stereocenters. The van der Waals surface area contributed by atoms with Crippen molar-refractivity contribution in [2.45, 2.75) is 0 Å². The Morgan fingerprint density at radius 3 is 2.71 bits per heavy atom. The molecule has 0 spiro atoms. The van der Waals surface area contributed by atoms with Gasteiger partial charge < -0.3 is 14.4 Å². The van der Waals surface area contributed by atoms with Gasteiger partial charge in [0.1, 0.15) is 18.2 Å². The number of rotatable bonds is 7. The van der Waals surface area contributed by atoms with E-state index in [0.717, 1.165) is 6.54 Å². The summed E-state index contributed by atoms with van der Waals surface area (Å²) in [6.07, 6.45) is 0. The molecule has 1 saturated heterocycles. The molecule has 2 rings (SSSR count). The van der Waals surface area contributed by atoms with Crippen LogP contribution in [0.2, 0.25) is 0 Å². The van der Waals surface area contributed by atoms with Crippen LogP contribution in [0, 0.1) is 11.7 Å². The van der Waals surface area contributed by atoms with Crippen LogP contribution < -0.4 is 4.74 Å². The Balaban J connectivity index is 1.89. The molecule has 0 aliphatic carbocycles. The van der Waals surface area contributed by atoms with Crippen LogP contribution in [0.5, 0.6) is 5.75 Å². The van der Waals surface area contributed by atoms with Crippen molar-refractivity contribution in [2.75, 3.05) is 59.3 Å². The minimum atomic E-state index is -3.42. The number of sulfonamides is 1. The largest absolute Gasteiger partial charge is 0.492 e. The number of halogens is 1. The van der Waals surface area contributed by atoms with Gasteiger partial charge in [-0.1, -0.05) is 0 Å². The lowest BCUT2D eigenvalue weighted by molar-refractivity contribution is 0.113. The molecule has 0 aromatic heterocycles. The van der Waals surface area contributed by atoms with Crippen LogP contribution in [0.1, 0.15) is 0 Å². The quantitative estimate of drug-likeness (QED) is 0.727. The Morgan fingerprint density at radius 1 is 1.33 bits per heavy atom. The van der Waals surface area contributed by atoms with E-state index in [1.807, 2.05) is 19.0 Å². The molecule has 1 unspecified atom stereocenters. The topological polar surface area (TPSA) is 59.1 Å². The molecule has 0 saturated carbocycles. The molecule has 1 aromatic carbocycles. The molecule has 24 heavy (non-hydrogen) atoms. The third-order valence-electron chi connectivity index (χ3n) is 3.74. The van der Waals surface area contributed by atoms with Crippen LogP contribution in [-0.2, 0) is 14.8 Å². The smallest absolute Gasteiger partial charge is 0.217 e. The molecule has 136 valence electrons. The van der Waals surface area contributed by atoms with E-state index in [2.05, 4.69) is 0 Å². The fourth-order valence-corrected chi connectivity index (χ4v) is 4.00. The first-order chi connectivity index (χ1) is 11.4. The van der Waals surface area contributed by atoms with Gasteiger partial charge >= 0.3 is 0 Å². The van der Waals surface area contributed by atoms with Gasteiger partial charge in [0, 0.05) is 25.6 Å². The fraction of sp³-hybridized carbons (Fsp3) is 0.625. The second-order valence-electron chi connectivity index (χ2n) is 6.18. The number of benzene rings is 1. The second-order valence-corrected chi connectivity index (χ2v) is 8.27. The lowest BCUT2D eigenvalue weighted by Crippen LogP contribution is -2.40. The highest BCUT2D eigenvalue weighted by Crippen LogP contribution is 2.14. The van der Waals surface area contributed by atoms with E-state index in [1.165, 1.54) is 28.6 Å². The van der Waals surface area contributed by atoms with Gasteiger partial charge in [-0.3, -0.25) is 0 Å². The molecule has 1 aromatic rings. The summed E-state index contributed by atoms with van der Waals surface area (Å²) in [5.74, 6) is 0.136. The minimum absolute atomic E-state index is 0.0314. The maximum absolute atomic E-state index is 12.8. The average molecular weight is 360 g/mol. The molecule has 1 aliphatic rings. The summed E-state index contributed by atoms with van der Waals surface area (Å²) in [5.41, 5.74) is 0. The molecule has 0 radical (unpaired) electrons. The lowest BCUT2D eigenvalue weighted by Gasteiger charge is -2.24. The lowest BCUT2D eigenvalue weighted by atomic mass is 10.1. The average Bonchev–Trinajstić information content (AvgIpc) is 2.75. The zero-order chi connectivity index (χ0) is 17.6. The van der Waals surface area contributed by atoms with Crippen molar-refractivity contribution < 1.29 is 22.3 Å². The standard InChI is InChI=1S/C16H25FN2O4S/c1-18(2)11-14-12-19(7-8-22-13-14)24(20,21)10-9-23-16-5-3-15(17)4-6-16/h3-6,14H,7-13H2,1-2H3. The highest BCUT2D eigenvalue weighted by Gasteiger charge is 2.28. The summed E-state index contributed by atoms with van der Waals surface area (Å²) < 4.78 is 50.3. The summed E-state index contributed by atoms with van der Waals surface area (Å²) in [7, 11) is 0.499. The monoisotopic (exact) mass is 360 g/mol. The van der Waals surface area contributed by atoms with Crippen LogP contribution in [-0.4, -0.2) is 76.9 Å². The van der Waals surface area contributed by atoms with Gasteiger partial charge in [-0.25, -0.2) is 12.8 Å². The number of hydrogen-bond donors (Lipinski definition) is 0. The molecule has 1 fully saturated rings. The second kappa shape index (κ2) is 8.75. The normalized spacial score (nSPS) is 20.1. The first-order valence-electron chi connectivity index (χ1n) is 7.95. The van der Waals surface area contributed by atoms with Crippen molar-refractivity contribution in [1.82, 2.24) is 9.21 Å². The zero-order valence-corrected chi connectivity index (χ0v) is 15.0. The van der Waals surface area contributed by atoms with E-state index in [4.69, 9.17) is 9.47 Å². The van der Waals surface area contributed by atoms with Crippen LogP contribution in [0.3, 0.4) is 0 Å². The van der Waals surface area contributed by atoms with Gasteiger partial charge in [0.15, 0.2) is 0 Å². The predicted octanol–water partition coefficient (Wildman–Crippen LogP) is 1.04. The molecule has 6 nitrogen and oxygen atoms in total. The maximum Gasteiger partial charge on any atom is 0.217 e. The summed E-state index contributed by atoms with van der Waals surface area (Å²) >= 11 is 0. The third-order valence-corrected chi connectivity index (χ3v) is 5.54. The third kappa shape index (κ3) is 6.01. The van der Waals surface area contributed by atoms with Crippen molar-refractivity contribution in [3.8, 4) is 5.75 Å². The summed E-state index contributed by atoms with van der Waals surface area (Å²) in [4.78, 5) is 2.03. The zero-order valence-electron chi connectivity index (χ0n) is 14.2. The molecule has 1 heterocycles. The van der Waals surface area contributed by atoms with Crippen molar-refractivity contribution >= 4 is 10.0 Å². The first-order valence-corrected chi connectivity index (χ1v) is 9.56. The molecule has 0 amide bonds. The number of ether oxygens (including phenoxy) is 2. The van der Waals surface area contributed by atoms with E-state index in [9.17, 15) is 12.8 Å². The van der Waals surface area contributed by atoms with Gasteiger partial charge in [-0.05, 0) is 38.4 Å². The summed E-state index contributed by atoms with van der Waals surface area (Å²) in [5, 5.41) is 0. The van der Waals surface area contributed by atoms with Gasteiger partial charge in [0.2, 0.25) is 10.0 Å². The van der Waals surface area contributed by atoms with Crippen LogP contribution in [0.15, 0.2) is 24.3 Å². The van der Waals surface area contributed by atoms with Gasteiger partial charge in [0.25, 0.3) is 0 Å². The van der Waals surface area contributed by atoms with Crippen LogP contribution in [0.25, 0.3) is 0 Å². The van der Waals surface area contributed by atoms with Gasteiger partial charge in [-0.15, -0.1) is 0 Å². The van der Waals surface area contributed by atoms with E-state index in [0.29, 0.717) is 32.1 Å². The van der Waals surface area contributed by atoms with Crippen LogP contribution >= 0.6 is 0 Å². The summed E-state index contributed by atoms with van der Waals surface area (Å²) in [6.45, 7) is 2.60. The molecule has 0 N–H and O–H groups in total. The Labute approximate surface area is 143 Å². The Hall–Kier alpha value is -1.22. The molecular weight excluding hydrogens is 335 g/mol. The number of nitrogens with zero attached hydrogens (tertiary/aromatic N) is 2. The van der Waals surface area contributed by atoms with E-state index >= 15 is 0 Å². The predicted molar refractivity (Wildman–Crippen MR) is 90.1 cm³/mol. The fourth-order valence-electron chi connectivity index (χ4n) is 2.65. The molecular formula is C16H25FN2O4S.